The topological polar surface area (TPSA) is 88.1 Å². The molecule has 1 aliphatic carbocycles. The van der Waals surface area contributed by atoms with Crippen molar-refractivity contribution in [2.75, 3.05) is 6.61 Å². The van der Waals surface area contributed by atoms with Crippen molar-refractivity contribution in [1.29, 1.82) is 0 Å². The molecule has 0 fully saturated rings. The minimum absolute atomic E-state index is 0.256. The number of fused-ring (bicyclic) bond motifs is 8. The first-order valence-electron chi connectivity index (χ1n) is 19.4. The minimum atomic E-state index is -0.520. The molecule has 0 amide bonds. The first-order chi connectivity index (χ1) is 28.9. The van der Waals surface area contributed by atoms with Crippen molar-refractivity contribution < 1.29 is 33.3 Å². The van der Waals surface area contributed by atoms with E-state index < -0.39 is 17.9 Å². The summed E-state index contributed by atoms with van der Waals surface area (Å²) in [7, 11) is 0. The summed E-state index contributed by atoms with van der Waals surface area (Å²) >= 11 is 0. The standard InChI is InChI=1S/C52H40O7/c1-2-30-56-46-38-22-12-23-39(46)32-41-25-14-27-43(48(41)58-51(54)36-18-8-4-9-19-36)34-45-29-15-28-44(49(45)59-52(55)37-20-10-5-11-21-37)33-42-26-13-24-40(31-38)47(42)57-50(53)35-16-6-3-7-17-35/h2-29H,1,30-34H2. The maximum absolute atomic E-state index is 13.8. The van der Waals surface area contributed by atoms with Crippen LogP contribution in [-0.4, -0.2) is 24.5 Å². The molecule has 0 unspecified atom stereocenters. The number of carbonyl (C=O) groups excluding carboxylic acids is 3. The van der Waals surface area contributed by atoms with E-state index in [2.05, 4.69) is 6.58 Å². The SMILES string of the molecule is C=CCOc1c2cccc1Cc1cccc(c1OC(=O)c1ccccc1)Cc1cccc(c1OC(=O)c1ccccc1)Cc1cccc(c1OC(=O)c1ccccc1)C2. The maximum atomic E-state index is 13.8. The summed E-state index contributed by atoms with van der Waals surface area (Å²) in [5, 5.41) is 0. The van der Waals surface area contributed by atoms with Gasteiger partial charge in [-0.15, -0.1) is 0 Å². The third kappa shape index (κ3) is 8.75. The van der Waals surface area contributed by atoms with Crippen LogP contribution in [0.4, 0.5) is 0 Å². The number of rotatable bonds is 9. The number of hydrogen-bond donors (Lipinski definition) is 0. The Morgan fingerprint density at radius 1 is 0.373 bits per heavy atom. The van der Waals surface area contributed by atoms with Crippen molar-refractivity contribution in [3.8, 4) is 23.0 Å². The van der Waals surface area contributed by atoms with Crippen molar-refractivity contribution in [1.82, 2.24) is 0 Å². The highest BCUT2D eigenvalue weighted by Crippen LogP contribution is 2.39. The second-order valence-corrected chi connectivity index (χ2v) is 14.2. The summed E-state index contributed by atoms with van der Waals surface area (Å²) < 4.78 is 25.4. The van der Waals surface area contributed by atoms with Crippen LogP contribution in [0.2, 0.25) is 0 Å². The number of esters is 3. The van der Waals surface area contributed by atoms with Gasteiger partial charge in [0.1, 0.15) is 29.6 Å². The molecule has 0 saturated carbocycles. The van der Waals surface area contributed by atoms with Gasteiger partial charge in [-0.1, -0.05) is 140 Å². The van der Waals surface area contributed by atoms with Crippen LogP contribution in [-0.2, 0) is 25.7 Å². The molecular weight excluding hydrogens is 737 g/mol. The second-order valence-electron chi connectivity index (χ2n) is 14.2. The molecule has 0 heterocycles. The van der Waals surface area contributed by atoms with E-state index in [0.29, 0.717) is 63.7 Å². The molecule has 0 atom stereocenters. The quantitative estimate of drug-likeness (QED) is 0.0819. The predicted octanol–water partition coefficient (Wildman–Crippen LogP) is 10.6. The lowest BCUT2D eigenvalue weighted by atomic mass is 9.91. The van der Waals surface area contributed by atoms with E-state index in [4.69, 9.17) is 18.9 Å². The van der Waals surface area contributed by atoms with Gasteiger partial charge in [0.15, 0.2) is 0 Å². The summed E-state index contributed by atoms with van der Waals surface area (Å²) in [4.78, 5) is 41.4. The van der Waals surface area contributed by atoms with Crippen molar-refractivity contribution in [2.45, 2.75) is 25.7 Å². The Hall–Kier alpha value is -7.51. The van der Waals surface area contributed by atoms with Gasteiger partial charge in [0.2, 0.25) is 0 Å². The van der Waals surface area contributed by atoms with Crippen molar-refractivity contribution in [3.05, 3.63) is 238 Å². The van der Waals surface area contributed by atoms with Crippen LogP contribution in [0.5, 0.6) is 23.0 Å². The van der Waals surface area contributed by atoms with Crippen LogP contribution in [0.3, 0.4) is 0 Å². The zero-order valence-corrected chi connectivity index (χ0v) is 32.3. The van der Waals surface area contributed by atoms with Crippen LogP contribution in [0.1, 0.15) is 75.6 Å². The van der Waals surface area contributed by atoms with E-state index in [1.807, 2.05) is 91.0 Å². The van der Waals surface area contributed by atoms with Crippen molar-refractivity contribution >= 4 is 17.9 Å². The lowest BCUT2D eigenvalue weighted by molar-refractivity contribution is 0.0722. The molecule has 7 aromatic carbocycles. The van der Waals surface area contributed by atoms with Crippen LogP contribution in [0.15, 0.2) is 176 Å². The fourth-order valence-corrected chi connectivity index (χ4v) is 7.38. The second kappa shape index (κ2) is 17.7. The lowest BCUT2D eigenvalue weighted by Crippen LogP contribution is -2.15. The zero-order chi connectivity index (χ0) is 40.6. The maximum Gasteiger partial charge on any atom is 0.343 e. The predicted molar refractivity (Wildman–Crippen MR) is 227 cm³/mol. The molecule has 0 spiro atoms. The molecule has 7 nitrogen and oxygen atoms in total. The summed E-state index contributed by atoms with van der Waals surface area (Å²) in [6, 6.07) is 49.9. The van der Waals surface area contributed by atoms with E-state index in [9.17, 15) is 14.4 Å². The van der Waals surface area contributed by atoms with Gasteiger partial charge in [-0.25, -0.2) is 14.4 Å². The van der Waals surface area contributed by atoms with E-state index in [0.717, 1.165) is 33.4 Å². The van der Waals surface area contributed by atoms with Crippen molar-refractivity contribution in [2.24, 2.45) is 0 Å². The normalized spacial score (nSPS) is 11.8. The highest BCUT2D eigenvalue weighted by Gasteiger charge is 2.25. The smallest absolute Gasteiger partial charge is 0.343 e. The molecule has 8 bridgehead atoms. The molecule has 7 heteroatoms. The number of benzene rings is 7. The molecule has 0 saturated heterocycles. The molecule has 1 aliphatic rings. The highest BCUT2D eigenvalue weighted by molar-refractivity contribution is 5.93. The van der Waals surface area contributed by atoms with Gasteiger partial charge in [0, 0.05) is 25.7 Å². The molecule has 0 aromatic heterocycles. The van der Waals surface area contributed by atoms with Gasteiger partial charge in [-0.3, -0.25) is 0 Å². The van der Waals surface area contributed by atoms with Gasteiger partial charge in [-0.2, -0.15) is 0 Å². The summed E-state index contributed by atoms with van der Waals surface area (Å²) in [5.74, 6) is 0.358. The van der Waals surface area contributed by atoms with Gasteiger partial charge in [0.05, 0.1) is 16.7 Å². The Labute approximate surface area is 343 Å². The van der Waals surface area contributed by atoms with Gasteiger partial charge in [-0.05, 0) is 80.9 Å². The van der Waals surface area contributed by atoms with Crippen LogP contribution < -0.4 is 18.9 Å². The van der Waals surface area contributed by atoms with E-state index >= 15 is 0 Å². The lowest BCUT2D eigenvalue weighted by Gasteiger charge is -2.22. The van der Waals surface area contributed by atoms with Gasteiger partial charge >= 0.3 is 17.9 Å². The first-order valence-corrected chi connectivity index (χ1v) is 19.4. The molecule has 0 radical (unpaired) electrons. The Morgan fingerprint density at radius 2 is 0.627 bits per heavy atom. The molecular formula is C52H40O7. The molecule has 8 rings (SSSR count). The fraction of sp³-hybridized carbons (Fsp3) is 0.0962. The van der Waals surface area contributed by atoms with Crippen LogP contribution in [0.25, 0.3) is 0 Å². The Morgan fingerprint density at radius 3 is 0.881 bits per heavy atom. The largest absolute Gasteiger partial charge is 0.489 e. The summed E-state index contributed by atoms with van der Waals surface area (Å²) in [5.41, 5.74) is 7.31. The first kappa shape index (κ1) is 38.4. The molecule has 0 aliphatic heterocycles. The fourth-order valence-electron chi connectivity index (χ4n) is 7.38. The third-order valence-electron chi connectivity index (χ3n) is 10.2. The third-order valence-corrected chi connectivity index (χ3v) is 10.2. The minimum Gasteiger partial charge on any atom is -0.489 e. The number of hydrogen-bond acceptors (Lipinski definition) is 7. The van der Waals surface area contributed by atoms with Crippen molar-refractivity contribution in [3.63, 3.8) is 0 Å². The Bertz CT molecular complexity index is 2510. The van der Waals surface area contributed by atoms with Gasteiger partial charge in [0.25, 0.3) is 0 Å². The van der Waals surface area contributed by atoms with E-state index in [1.165, 1.54) is 0 Å². The molecule has 0 N–H and O–H groups in total. The number of para-hydroxylation sites is 4. The number of carbonyl (C=O) groups is 3. The molecule has 7 aromatic rings. The van der Waals surface area contributed by atoms with E-state index in [1.54, 1.807) is 78.9 Å². The molecule has 290 valence electrons. The van der Waals surface area contributed by atoms with E-state index in [-0.39, 0.29) is 19.4 Å². The Balaban J connectivity index is 1.33. The summed E-state index contributed by atoms with van der Waals surface area (Å²) in [6.07, 6.45) is 2.93. The highest BCUT2D eigenvalue weighted by atomic mass is 16.5. The van der Waals surface area contributed by atoms with Gasteiger partial charge < -0.3 is 18.9 Å². The monoisotopic (exact) mass is 776 g/mol. The Kier molecular flexibility index (Phi) is 11.5. The average Bonchev–Trinajstić information content (AvgIpc) is 3.27. The number of ether oxygens (including phenoxy) is 4. The zero-order valence-electron chi connectivity index (χ0n) is 32.3. The average molecular weight is 777 g/mol. The summed E-state index contributed by atoms with van der Waals surface area (Å²) in [6.45, 7) is 4.16. The van der Waals surface area contributed by atoms with Crippen LogP contribution >= 0.6 is 0 Å². The molecule has 59 heavy (non-hydrogen) atoms. The van der Waals surface area contributed by atoms with Crippen LogP contribution in [0, 0.1) is 0 Å².